The van der Waals surface area contributed by atoms with E-state index in [-0.39, 0.29) is 22.4 Å². The van der Waals surface area contributed by atoms with Crippen molar-refractivity contribution in [3.8, 4) is 17.2 Å². The number of imide groups is 1. The number of carbonyl (C=O) groups excluding carboxylic acids is 3. The van der Waals surface area contributed by atoms with E-state index < -0.39 is 23.1 Å². The maximum absolute atomic E-state index is 13.6. The van der Waals surface area contributed by atoms with Gasteiger partial charge in [0, 0.05) is 17.5 Å². The van der Waals surface area contributed by atoms with Crippen LogP contribution < -0.4 is 24.8 Å². The van der Waals surface area contributed by atoms with Gasteiger partial charge in [-0.2, -0.15) is 0 Å². The van der Waals surface area contributed by atoms with E-state index in [0.717, 1.165) is 11.8 Å². The lowest BCUT2D eigenvalue weighted by atomic mass is 9.77. The van der Waals surface area contributed by atoms with E-state index in [9.17, 15) is 14.4 Å². The van der Waals surface area contributed by atoms with Crippen molar-refractivity contribution < 1.29 is 28.6 Å². The molecule has 0 radical (unpaired) electrons. The van der Waals surface area contributed by atoms with E-state index in [1.807, 2.05) is 6.07 Å². The minimum Gasteiger partial charge on any atom is -0.486 e. The zero-order valence-electron chi connectivity index (χ0n) is 16.1. The molecule has 4 aliphatic rings. The van der Waals surface area contributed by atoms with Crippen LogP contribution in [0.3, 0.4) is 0 Å². The van der Waals surface area contributed by atoms with Gasteiger partial charge in [0.2, 0.25) is 11.8 Å². The molecule has 8 nitrogen and oxygen atoms in total. The molecule has 4 heterocycles. The lowest BCUT2D eigenvalue weighted by Gasteiger charge is -2.36. The van der Waals surface area contributed by atoms with Crippen molar-refractivity contribution in [1.82, 2.24) is 0 Å². The van der Waals surface area contributed by atoms with Gasteiger partial charge in [0.25, 0.3) is 0 Å². The molecular formula is C22H16N2O6S. The molecule has 0 aliphatic carbocycles. The van der Waals surface area contributed by atoms with Crippen molar-refractivity contribution >= 4 is 35.2 Å². The summed E-state index contributed by atoms with van der Waals surface area (Å²) in [7, 11) is 0. The summed E-state index contributed by atoms with van der Waals surface area (Å²) in [6, 6.07) is 12.0. The van der Waals surface area contributed by atoms with Crippen LogP contribution in [0.5, 0.6) is 17.2 Å². The number of rotatable bonds is 1. The van der Waals surface area contributed by atoms with Gasteiger partial charge in [-0.05, 0) is 18.2 Å². The Kier molecular flexibility index (Phi) is 3.85. The monoisotopic (exact) mass is 436 g/mol. The van der Waals surface area contributed by atoms with E-state index in [0.29, 0.717) is 41.7 Å². The Morgan fingerprint density at radius 1 is 0.935 bits per heavy atom. The zero-order chi connectivity index (χ0) is 21.3. The number of benzene rings is 2. The third kappa shape index (κ3) is 2.53. The zero-order valence-corrected chi connectivity index (χ0v) is 16.9. The number of ether oxygens (including phenoxy) is 3. The molecule has 4 aliphatic heterocycles. The summed E-state index contributed by atoms with van der Waals surface area (Å²) >= 11 is 1.05. The fraction of sp³-hybridized carbons (Fsp3) is 0.227. The van der Waals surface area contributed by atoms with Crippen LogP contribution in [0.1, 0.15) is 11.5 Å². The number of hydrogen-bond donors (Lipinski definition) is 1. The Labute approximate surface area is 180 Å². The van der Waals surface area contributed by atoms with Gasteiger partial charge in [0.05, 0.1) is 22.2 Å². The number of nitrogens with two attached hydrogens (primary N) is 1. The largest absolute Gasteiger partial charge is 0.486 e. The number of fused-ring (bicyclic) bond motifs is 6. The molecule has 2 amide bonds. The first kappa shape index (κ1) is 18.3. The van der Waals surface area contributed by atoms with E-state index in [1.165, 1.54) is 4.90 Å². The minimum atomic E-state index is -0.762. The quantitative estimate of drug-likeness (QED) is 0.411. The molecule has 1 saturated heterocycles. The van der Waals surface area contributed by atoms with Crippen LogP contribution in [-0.2, 0) is 14.4 Å². The number of hydrogen-bond acceptors (Lipinski definition) is 8. The van der Waals surface area contributed by atoms with Crippen molar-refractivity contribution in [3.63, 3.8) is 0 Å². The van der Waals surface area contributed by atoms with E-state index in [4.69, 9.17) is 19.9 Å². The van der Waals surface area contributed by atoms with Crippen LogP contribution in [0.15, 0.2) is 53.1 Å². The van der Waals surface area contributed by atoms with Crippen LogP contribution in [-0.4, -0.2) is 36.2 Å². The fourth-order valence-electron chi connectivity index (χ4n) is 4.63. The molecule has 0 saturated carbocycles. The van der Waals surface area contributed by atoms with Crippen LogP contribution in [0.25, 0.3) is 0 Å². The van der Waals surface area contributed by atoms with Crippen LogP contribution in [0.2, 0.25) is 0 Å². The second-order valence-corrected chi connectivity index (χ2v) is 8.77. The van der Waals surface area contributed by atoms with Crippen molar-refractivity contribution in [1.29, 1.82) is 0 Å². The SMILES string of the molecule is NC1=C2C(=O)Oc3ccccc3[C@H]2[C@H]2C(=O)N(c3ccc4c(c3)OCCO4)C(=O)[C@H]2S1. The van der Waals surface area contributed by atoms with E-state index in [1.54, 1.807) is 36.4 Å². The second-order valence-electron chi connectivity index (χ2n) is 7.59. The average Bonchev–Trinajstić information content (AvgIpc) is 3.02. The van der Waals surface area contributed by atoms with Gasteiger partial charge < -0.3 is 19.9 Å². The van der Waals surface area contributed by atoms with Gasteiger partial charge in [-0.3, -0.25) is 9.59 Å². The molecule has 2 N–H and O–H groups in total. The minimum absolute atomic E-state index is 0.218. The highest BCUT2D eigenvalue weighted by Gasteiger charge is 2.58. The summed E-state index contributed by atoms with van der Waals surface area (Å²) in [5, 5.41) is -0.510. The summed E-state index contributed by atoms with van der Waals surface area (Å²) in [5.74, 6) is -1.28. The summed E-state index contributed by atoms with van der Waals surface area (Å²) in [6.07, 6.45) is 0. The molecule has 156 valence electrons. The summed E-state index contributed by atoms with van der Waals surface area (Å²) < 4.78 is 16.6. The van der Waals surface area contributed by atoms with Crippen LogP contribution in [0.4, 0.5) is 5.69 Å². The molecule has 0 aromatic heterocycles. The van der Waals surface area contributed by atoms with Gasteiger partial charge in [0.15, 0.2) is 11.5 Å². The standard InChI is InChI=1S/C22H16N2O6S/c23-19-17-15(11-3-1-2-4-12(11)30-22(17)27)16-18(31-19)21(26)24(20(16)25)10-5-6-13-14(9-10)29-8-7-28-13/h1-6,9,15-16,18H,7-8,23H2/t15-,16+,18-/m0/s1. The summed E-state index contributed by atoms with van der Waals surface area (Å²) in [4.78, 5) is 40.8. The van der Waals surface area contributed by atoms with Crippen molar-refractivity contribution in [2.75, 3.05) is 18.1 Å². The highest BCUT2D eigenvalue weighted by atomic mass is 32.2. The number of nitrogens with zero attached hydrogens (tertiary/aromatic N) is 1. The lowest BCUT2D eigenvalue weighted by molar-refractivity contribution is -0.131. The Bertz CT molecular complexity index is 1210. The molecule has 6 rings (SSSR count). The molecule has 2 aromatic carbocycles. The highest BCUT2D eigenvalue weighted by Crippen LogP contribution is 2.54. The molecule has 9 heteroatoms. The smallest absolute Gasteiger partial charge is 0.342 e. The molecule has 1 fully saturated rings. The lowest BCUT2D eigenvalue weighted by Crippen LogP contribution is -2.39. The van der Waals surface area contributed by atoms with Gasteiger partial charge in [-0.15, -0.1) is 0 Å². The number of amides is 2. The molecule has 0 unspecified atom stereocenters. The maximum atomic E-state index is 13.6. The van der Waals surface area contributed by atoms with Crippen LogP contribution in [0, 0.1) is 5.92 Å². The van der Waals surface area contributed by atoms with E-state index >= 15 is 0 Å². The predicted molar refractivity (Wildman–Crippen MR) is 111 cm³/mol. The Balaban J connectivity index is 1.46. The second kappa shape index (κ2) is 6.52. The maximum Gasteiger partial charge on any atom is 0.342 e. The molecule has 0 spiro atoms. The van der Waals surface area contributed by atoms with Gasteiger partial charge in [-0.25, -0.2) is 9.69 Å². The number of para-hydroxylation sites is 1. The van der Waals surface area contributed by atoms with Crippen molar-refractivity contribution in [2.45, 2.75) is 11.2 Å². The van der Waals surface area contributed by atoms with Gasteiger partial charge >= 0.3 is 5.97 Å². The first-order valence-corrected chi connectivity index (χ1v) is 10.7. The Hall–Kier alpha value is -3.46. The Morgan fingerprint density at radius 3 is 2.55 bits per heavy atom. The third-order valence-corrected chi connectivity index (χ3v) is 7.17. The molecule has 31 heavy (non-hydrogen) atoms. The number of anilines is 1. The highest BCUT2D eigenvalue weighted by molar-refractivity contribution is 8.04. The first-order chi connectivity index (χ1) is 15.0. The average molecular weight is 436 g/mol. The molecule has 2 aromatic rings. The predicted octanol–water partition coefficient (Wildman–Crippen LogP) is 1.94. The van der Waals surface area contributed by atoms with E-state index in [2.05, 4.69) is 0 Å². The number of carbonyl (C=O) groups is 3. The topological polar surface area (TPSA) is 108 Å². The normalized spacial score (nSPS) is 26.3. The number of esters is 1. The molecular weight excluding hydrogens is 420 g/mol. The molecule has 3 atom stereocenters. The number of thioether (sulfide) groups is 1. The van der Waals surface area contributed by atoms with Crippen LogP contribution >= 0.6 is 11.8 Å². The van der Waals surface area contributed by atoms with Gasteiger partial charge in [0.1, 0.15) is 24.2 Å². The van der Waals surface area contributed by atoms with Crippen molar-refractivity contribution in [2.24, 2.45) is 11.7 Å². The fourth-order valence-corrected chi connectivity index (χ4v) is 5.87. The summed E-state index contributed by atoms with van der Waals surface area (Å²) in [5.41, 5.74) is 7.53. The molecule has 0 bridgehead atoms. The third-order valence-electron chi connectivity index (χ3n) is 5.95. The van der Waals surface area contributed by atoms with Gasteiger partial charge in [-0.1, -0.05) is 30.0 Å². The first-order valence-electron chi connectivity index (χ1n) is 9.79. The Morgan fingerprint density at radius 2 is 1.71 bits per heavy atom. The summed E-state index contributed by atoms with van der Waals surface area (Å²) in [6.45, 7) is 0.837. The van der Waals surface area contributed by atoms with Crippen molar-refractivity contribution in [3.05, 3.63) is 58.6 Å².